The predicted molar refractivity (Wildman–Crippen MR) is 134 cm³/mol. The fourth-order valence-electron chi connectivity index (χ4n) is 4.22. The van der Waals surface area contributed by atoms with Crippen LogP contribution in [0.4, 0.5) is 5.69 Å². The largest absolute Gasteiger partial charge is 0.493 e. The Labute approximate surface area is 201 Å². The third kappa shape index (κ3) is 4.61. The molecule has 176 valence electrons. The smallest absolute Gasteiger partial charge is 0.263 e. The van der Waals surface area contributed by atoms with Crippen molar-refractivity contribution < 1.29 is 14.3 Å². The number of thioether (sulfide) groups is 1. The molecule has 4 rings (SSSR count). The van der Waals surface area contributed by atoms with Crippen LogP contribution in [0, 0.1) is 13.8 Å². The summed E-state index contributed by atoms with van der Waals surface area (Å²) in [6, 6.07) is 5.38. The third-order valence-electron chi connectivity index (χ3n) is 6.19. The van der Waals surface area contributed by atoms with Crippen molar-refractivity contribution in [2.45, 2.75) is 62.9 Å². The molecule has 3 aromatic rings. The minimum atomic E-state index is -0.447. The van der Waals surface area contributed by atoms with E-state index in [1.54, 1.807) is 32.4 Å². The summed E-state index contributed by atoms with van der Waals surface area (Å²) in [5.41, 5.74) is 1.64. The molecule has 0 radical (unpaired) electrons. The topological polar surface area (TPSA) is 82.5 Å². The second-order valence-electron chi connectivity index (χ2n) is 8.29. The lowest BCUT2D eigenvalue weighted by Gasteiger charge is -2.20. The van der Waals surface area contributed by atoms with Crippen LogP contribution in [0.25, 0.3) is 10.2 Å². The van der Waals surface area contributed by atoms with Crippen molar-refractivity contribution in [2.24, 2.45) is 0 Å². The van der Waals surface area contributed by atoms with Gasteiger partial charge in [-0.25, -0.2) is 4.98 Å². The molecule has 1 atom stereocenters. The molecular weight excluding hydrogens is 458 g/mol. The molecule has 1 N–H and O–H groups in total. The monoisotopic (exact) mass is 487 g/mol. The second-order valence-corrected chi connectivity index (χ2v) is 10.8. The molecule has 1 fully saturated rings. The SMILES string of the molecule is COc1ccc(NC(=O)C(C)Sc2nc3sc(C)c(C)c3c(=O)n2C2CCCC2)cc1OC. The van der Waals surface area contributed by atoms with Crippen LogP contribution in [0.2, 0.25) is 0 Å². The zero-order chi connectivity index (χ0) is 23.7. The molecular formula is C24H29N3O4S2. The number of aryl methyl sites for hydroxylation is 2. The zero-order valence-corrected chi connectivity index (χ0v) is 21.2. The normalized spacial score (nSPS) is 15.1. The van der Waals surface area contributed by atoms with E-state index in [0.29, 0.717) is 22.3 Å². The summed E-state index contributed by atoms with van der Waals surface area (Å²) in [6.07, 6.45) is 4.15. The number of benzene rings is 1. The van der Waals surface area contributed by atoms with Gasteiger partial charge in [-0.1, -0.05) is 24.6 Å². The number of carbonyl (C=O) groups excluding carboxylic acids is 1. The highest BCUT2D eigenvalue weighted by Gasteiger charge is 2.27. The van der Waals surface area contributed by atoms with Crippen molar-refractivity contribution in [3.8, 4) is 11.5 Å². The summed E-state index contributed by atoms with van der Waals surface area (Å²) in [5, 5.41) is 3.83. The fraction of sp³-hybridized carbons (Fsp3) is 0.458. The number of carbonyl (C=O) groups is 1. The van der Waals surface area contributed by atoms with Crippen LogP contribution < -0.4 is 20.3 Å². The summed E-state index contributed by atoms with van der Waals surface area (Å²) in [7, 11) is 3.12. The van der Waals surface area contributed by atoms with Crippen molar-refractivity contribution in [3.05, 3.63) is 39.0 Å². The number of methoxy groups -OCH3 is 2. The summed E-state index contributed by atoms with van der Waals surface area (Å²) in [4.78, 5) is 33.3. The van der Waals surface area contributed by atoms with Gasteiger partial charge in [-0.2, -0.15) is 0 Å². The molecule has 9 heteroatoms. The Morgan fingerprint density at radius 3 is 2.58 bits per heavy atom. The Kier molecular flexibility index (Phi) is 6.99. The molecule has 1 aliphatic rings. The first-order valence-corrected chi connectivity index (χ1v) is 12.8. The number of nitrogens with one attached hydrogen (secondary N) is 1. The molecule has 2 aromatic heterocycles. The first-order valence-electron chi connectivity index (χ1n) is 11.1. The minimum absolute atomic E-state index is 0.0174. The van der Waals surface area contributed by atoms with Gasteiger partial charge < -0.3 is 14.8 Å². The van der Waals surface area contributed by atoms with Crippen molar-refractivity contribution in [3.63, 3.8) is 0 Å². The number of hydrogen-bond acceptors (Lipinski definition) is 7. The Balaban J connectivity index is 1.63. The Hall–Kier alpha value is -2.52. The quantitative estimate of drug-likeness (QED) is 0.358. The van der Waals surface area contributed by atoms with Gasteiger partial charge in [-0.15, -0.1) is 11.3 Å². The van der Waals surface area contributed by atoms with E-state index in [9.17, 15) is 9.59 Å². The Morgan fingerprint density at radius 2 is 1.91 bits per heavy atom. The predicted octanol–water partition coefficient (Wildman–Crippen LogP) is 5.33. The molecule has 0 spiro atoms. The maximum atomic E-state index is 13.5. The number of amides is 1. The van der Waals surface area contributed by atoms with Crippen LogP contribution in [0.15, 0.2) is 28.2 Å². The Morgan fingerprint density at radius 1 is 1.21 bits per heavy atom. The summed E-state index contributed by atoms with van der Waals surface area (Å²) in [6.45, 7) is 5.84. The van der Waals surface area contributed by atoms with E-state index < -0.39 is 5.25 Å². The van der Waals surface area contributed by atoms with Crippen LogP contribution in [-0.2, 0) is 4.79 Å². The number of thiophene rings is 1. The van der Waals surface area contributed by atoms with E-state index in [-0.39, 0.29) is 17.5 Å². The standard InChI is InChI=1S/C24H29N3O4S2/c1-13-14(2)32-22-20(13)23(29)27(17-8-6-7-9-17)24(26-22)33-15(3)21(28)25-16-10-11-18(30-4)19(12-16)31-5/h10-12,15,17H,6-9H2,1-5H3,(H,25,28). The molecule has 2 heterocycles. The van der Waals surface area contributed by atoms with Crippen LogP contribution in [-0.4, -0.2) is 34.9 Å². The van der Waals surface area contributed by atoms with Crippen LogP contribution in [0.5, 0.6) is 11.5 Å². The first-order chi connectivity index (χ1) is 15.8. The van der Waals surface area contributed by atoms with Gasteiger partial charge >= 0.3 is 0 Å². The number of nitrogens with zero attached hydrogens (tertiary/aromatic N) is 2. The van der Waals surface area contributed by atoms with Gasteiger partial charge in [-0.05, 0) is 51.3 Å². The molecule has 0 saturated heterocycles. The molecule has 1 unspecified atom stereocenters. The Bertz CT molecular complexity index is 1240. The number of aromatic nitrogens is 2. The highest BCUT2D eigenvalue weighted by Crippen LogP contribution is 2.36. The molecule has 7 nitrogen and oxygen atoms in total. The summed E-state index contributed by atoms with van der Waals surface area (Å²) >= 11 is 2.88. The first kappa shape index (κ1) is 23.6. The molecule has 1 saturated carbocycles. The highest BCUT2D eigenvalue weighted by molar-refractivity contribution is 8.00. The average Bonchev–Trinajstić information content (AvgIpc) is 3.42. The van der Waals surface area contributed by atoms with Crippen molar-refractivity contribution in [2.75, 3.05) is 19.5 Å². The summed E-state index contributed by atoms with van der Waals surface area (Å²) < 4.78 is 12.4. The third-order valence-corrected chi connectivity index (χ3v) is 8.36. The lowest BCUT2D eigenvalue weighted by atomic mass is 10.2. The maximum absolute atomic E-state index is 13.5. The number of fused-ring (bicyclic) bond motifs is 1. The molecule has 1 aliphatic carbocycles. The zero-order valence-electron chi connectivity index (χ0n) is 19.6. The van der Waals surface area contributed by atoms with E-state index in [4.69, 9.17) is 14.5 Å². The van der Waals surface area contributed by atoms with Crippen molar-refractivity contribution >= 4 is 44.9 Å². The van der Waals surface area contributed by atoms with E-state index in [0.717, 1.165) is 46.3 Å². The average molecular weight is 488 g/mol. The lowest BCUT2D eigenvalue weighted by molar-refractivity contribution is -0.115. The minimum Gasteiger partial charge on any atom is -0.493 e. The molecule has 1 aromatic carbocycles. The van der Waals surface area contributed by atoms with Gasteiger partial charge in [-0.3, -0.25) is 14.2 Å². The molecule has 0 bridgehead atoms. The van der Waals surface area contributed by atoms with Gasteiger partial charge in [0.1, 0.15) is 4.83 Å². The lowest BCUT2D eigenvalue weighted by Crippen LogP contribution is -2.29. The van der Waals surface area contributed by atoms with Gasteiger partial charge in [0.2, 0.25) is 5.91 Å². The number of ether oxygens (including phenoxy) is 2. The van der Waals surface area contributed by atoms with E-state index in [1.165, 1.54) is 23.1 Å². The van der Waals surface area contributed by atoms with Gasteiger partial charge in [0.15, 0.2) is 16.7 Å². The van der Waals surface area contributed by atoms with Crippen LogP contribution >= 0.6 is 23.1 Å². The summed E-state index contributed by atoms with van der Waals surface area (Å²) in [5.74, 6) is 0.969. The van der Waals surface area contributed by atoms with E-state index in [1.807, 2.05) is 25.3 Å². The molecule has 0 aliphatic heterocycles. The number of rotatable bonds is 7. The van der Waals surface area contributed by atoms with Gasteiger partial charge in [0.05, 0.1) is 24.9 Å². The fourth-order valence-corrected chi connectivity index (χ4v) is 6.27. The highest BCUT2D eigenvalue weighted by atomic mass is 32.2. The van der Waals surface area contributed by atoms with E-state index in [2.05, 4.69) is 5.32 Å². The van der Waals surface area contributed by atoms with Gasteiger partial charge in [0.25, 0.3) is 5.56 Å². The number of anilines is 1. The van der Waals surface area contributed by atoms with Crippen molar-refractivity contribution in [1.82, 2.24) is 9.55 Å². The number of hydrogen-bond donors (Lipinski definition) is 1. The van der Waals surface area contributed by atoms with E-state index >= 15 is 0 Å². The maximum Gasteiger partial charge on any atom is 0.263 e. The van der Waals surface area contributed by atoms with Crippen LogP contribution in [0.3, 0.4) is 0 Å². The van der Waals surface area contributed by atoms with Crippen LogP contribution in [0.1, 0.15) is 49.1 Å². The molecule has 1 amide bonds. The second kappa shape index (κ2) is 9.77. The van der Waals surface area contributed by atoms with Gasteiger partial charge in [0, 0.05) is 22.7 Å². The molecule has 33 heavy (non-hydrogen) atoms. The van der Waals surface area contributed by atoms with Crippen molar-refractivity contribution in [1.29, 1.82) is 0 Å².